The van der Waals surface area contributed by atoms with Gasteiger partial charge in [-0.2, -0.15) is 21.8 Å². The number of rotatable bonds is 9. The zero-order valence-corrected chi connectivity index (χ0v) is 24.6. The topological polar surface area (TPSA) is 126 Å². The van der Waals surface area contributed by atoms with Crippen LogP contribution in [0.25, 0.3) is 11.1 Å². The van der Waals surface area contributed by atoms with Crippen molar-refractivity contribution >= 4 is 67.9 Å². The number of benzene rings is 2. The van der Waals surface area contributed by atoms with Gasteiger partial charge in [-0.3, -0.25) is 9.40 Å². The number of methoxy groups -OCH3 is 1. The Morgan fingerprint density at radius 1 is 1.05 bits per heavy atom. The maximum absolute atomic E-state index is 11.8. The molecule has 0 amide bonds. The molecule has 0 atom stereocenters. The Morgan fingerprint density at radius 2 is 1.80 bits per heavy atom. The number of aryl methyl sites for hydroxylation is 1. The lowest BCUT2D eigenvalue weighted by molar-refractivity contribution is 0.417. The second kappa shape index (κ2) is 11.8. The number of hydrogen-bond donors (Lipinski definition) is 3. The minimum Gasteiger partial charge on any atom is -0.494 e. The fraction of sp³-hybridized carbons (Fsp3) is 0.269. The van der Waals surface area contributed by atoms with E-state index in [1.54, 1.807) is 36.1 Å². The highest BCUT2D eigenvalue weighted by Gasteiger charge is 2.21. The number of aromatic nitrogens is 4. The molecule has 0 saturated carbocycles. The molecule has 0 aliphatic carbocycles. The third-order valence-electron chi connectivity index (χ3n) is 6.15. The maximum atomic E-state index is 11.8. The van der Waals surface area contributed by atoms with Crippen LogP contribution < -0.4 is 25.0 Å². The predicted octanol–water partition coefficient (Wildman–Crippen LogP) is 4.95. The van der Waals surface area contributed by atoms with Crippen LogP contribution in [0.4, 0.5) is 34.5 Å². The number of ether oxygens (including phenoxy) is 1. The summed E-state index contributed by atoms with van der Waals surface area (Å²) < 4.78 is 33.7. The number of para-hydroxylation sites is 2. The molecule has 0 bridgehead atoms. The van der Waals surface area contributed by atoms with Crippen LogP contribution in [0.1, 0.15) is 0 Å². The molecule has 11 nitrogen and oxygen atoms in total. The van der Waals surface area contributed by atoms with Crippen LogP contribution >= 0.6 is 23.4 Å². The summed E-state index contributed by atoms with van der Waals surface area (Å²) in [7, 11) is 0.0299. The average molecular weight is 601 g/mol. The summed E-state index contributed by atoms with van der Waals surface area (Å²) in [6, 6.07) is 10.9. The highest BCUT2D eigenvalue weighted by atomic mass is 35.5. The van der Waals surface area contributed by atoms with E-state index >= 15 is 0 Å². The van der Waals surface area contributed by atoms with Gasteiger partial charge in [0.05, 0.1) is 42.8 Å². The molecular formula is C26H29ClN8O3S2. The molecule has 2 aromatic carbocycles. The Bertz CT molecular complexity index is 1620. The predicted molar refractivity (Wildman–Crippen MR) is 163 cm³/mol. The van der Waals surface area contributed by atoms with Crippen LogP contribution in [-0.4, -0.2) is 66.1 Å². The SMILES string of the molecule is COc1cc(N2CCSCC2)c(-c2cnn(C)c2)cc1Nc1ncc(Cl)c(Nc2ccccc2NS(C)(=O)=O)n1. The Morgan fingerprint density at radius 3 is 2.48 bits per heavy atom. The maximum Gasteiger partial charge on any atom is 0.229 e. The number of thioether (sulfide) groups is 1. The highest BCUT2D eigenvalue weighted by molar-refractivity contribution is 7.99. The molecule has 1 aliphatic rings. The van der Waals surface area contributed by atoms with Crippen LogP contribution in [0, 0.1) is 0 Å². The van der Waals surface area contributed by atoms with Crippen LogP contribution in [0.2, 0.25) is 5.02 Å². The monoisotopic (exact) mass is 600 g/mol. The van der Waals surface area contributed by atoms with Gasteiger partial charge in [-0.05, 0) is 18.2 Å². The van der Waals surface area contributed by atoms with E-state index in [0.717, 1.165) is 47.7 Å². The van der Waals surface area contributed by atoms with E-state index in [1.807, 2.05) is 43.3 Å². The van der Waals surface area contributed by atoms with Crippen molar-refractivity contribution in [1.82, 2.24) is 19.7 Å². The summed E-state index contributed by atoms with van der Waals surface area (Å²) in [5, 5.41) is 11.0. The van der Waals surface area contributed by atoms with Crippen molar-refractivity contribution in [3.05, 3.63) is 60.0 Å². The Hall–Kier alpha value is -3.68. The number of anilines is 6. The van der Waals surface area contributed by atoms with Crippen molar-refractivity contribution in [1.29, 1.82) is 0 Å². The van der Waals surface area contributed by atoms with Crippen molar-refractivity contribution in [2.75, 3.05) is 58.2 Å². The van der Waals surface area contributed by atoms with Crippen molar-refractivity contribution in [2.45, 2.75) is 0 Å². The highest BCUT2D eigenvalue weighted by Crippen LogP contribution is 2.41. The third-order valence-corrected chi connectivity index (χ3v) is 7.96. The average Bonchev–Trinajstić information content (AvgIpc) is 3.37. The number of halogens is 1. The summed E-state index contributed by atoms with van der Waals surface area (Å²) in [6.07, 6.45) is 6.39. The van der Waals surface area contributed by atoms with Gasteiger partial charge in [0, 0.05) is 60.7 Å². The molecule has 1 fully saturated rings. The number of nitrogens with zero attached hydrogens (tertiary/aromatic N) is 5. The Balaban J connectivity index is 1.49. The van der Waals surface area contributed by atoms with Gasteiger partial charge in [0.2, 0.25) is 16.0 Å². The summed E-state index contributed by atoms with van der Waals surface area (Å²) >= 11 is 8.36. The van der Waals surface area contributed by atoms with Gasteiger partial charge in [-0.1, -0.05) is 23.7 Å². The molecule has 5 rings (SSSR count). The van der Waals surface area contributed by atoms with E-state index in [4.69, 9.17) is 16.3 Å². The molecule has 0 unspecified atom stereocenters. The van der Waals surface area contributed by atoms with E-state index in [2.05, 4.69) is 35.3 Å². The van der Waals surface area contributed by atoms with Gasteiger partial charge in [0.15, 0.2) is 5.82 Å². The smallest absolute Gasteiger partial charge is 0.229 e. The van der Waals surface area contributed by atoms with Gasteiger partial charge < -0.3 is 20.3 Å². The van der Waals surface area contributed by atoms with Crippen molar-refractivity contribution in [3.63, 3.8) is 0 Å². The van der Waals surface area contributed by atoms with E-state index in [1.165, 1.54) is 6.20 Å². The van der Waals surface area contributed by atoms with Crippen LogP contribution in [0.5, 0.6) is 5.75 Å². The summed E-state index contributed by atoms with van der Waals surface area (Å²) in [4.78, 5) is 11.3. The molecule has 4 aromatic rings. The standard InChI is InChI=1S/C26H29ClN8O3S2/c1-34-16-17(14-29-34)18-12-22(24(38-2)13-23(18)35-8-10-39-11-9-35)31-26-28-15-19(27)25(32-26)30-20-6-4-5-7-21(20)33-40(3,36)37/h4-7,12-16,33H,8-11H2,1-3H3,(H2,28,30,31,32). The van der Waals surface area contributed by atoms with Gasteiger partial charge in [0.1, 0.15) is 10.8 Å². The molecule has 0 radical (unpaired) electrons. The second-order valence-electron chi connectivity index (χ2n) is 9.13. The van der Waals surface area contributed by atoms with Crippen molar-refractivity contribution in [3.8, 4) is 16.9 Å². The molecule has 210 valence electrons. The largest absolute Gasteiger partial charge is 0.494 e. The normalized spacial score (nSPS) is 13.7. The van der Waals surface area contributed by atoms with Gasteiger partial charge >= 0.3 is 0 Å². The zero-order valence-electron chi connectivity index (χ0n) is 22.2. The van der Waals surface area contributed by atoms with Crippen LogP contribution in [0.3, 0.4) is 0 Å². The fourth-order valence-corrected chi connectivity index (χ4v) is 5.96. The van der Waals surface area contributed by atoms with Gasteiger partial charge in [-0.25, -0.2) is 13.4 Å². The Labute approximate surface area is 242 Å². The van der Waals surface area contributed by atoms with E-state index < -0.39 is 10.0 Å². The molecular weight excluding hydrogens is 572 g/mol. The summed E-state index contributed by atoms with van der Waals surface area (Å²) in [5.41, 5.74) is 4.59. The molecule has 40 heavy (non-hydrogen) atoms. The third kappa shape index (κ3) is 6.54. The minimum atomic E-state index is -3.49. The first-order valence-electron chi connectivity index (χ1n) is 12.4. The first kappa shape index (κ1) is 27.9. The first-order valence-corrected chi connectivity index (χ1v) is 15.8. The lowest BCUT2D eigenvalue weighted by Crippen LogP contribution is -2.32. The van der Waals surface area contributed by atoms with Crippen molar-refractivity contribution < 1.29 is 13.2 Å². The molecule has 1 saturated heterocycles. The van der Waals surface area contributed by atoms with Crippen LogP contribution in [0.15, 0.2) is 55.0 Å². The molecule has 3 N–H and O–H groups in total. The van der Waals surface area contributed by atoms with Crippen LogP contribution in [-0.2, 0) is 17.1 Å². The van der Waals surface area contributed by atoms with Gasteiger partial charge in [0.25, 0.3) is 0 Å². The summed E-state index contributed by atoms with van der Waals surface area (Å²) in [6.45, 7) is 1.89. The molecule has 14 heteroatoms. The minimum absolute atomic E-state index is 0.265. The molecule has 2 aromatic heterocycles. The molecule has 0 spiro atoms. The van der Waals surface area contributed by atoms with Gasteiger partial charge in [-0.15, -0.1) is 0 Å². The summed E-state index contributed by atoms with van der Waals surface area (Å²) in [5.74, 6) is 3.34. The lowest BCUT2D eigenvalue weighted by Gasteiger charge is -2.31. The lowest BCUT2D eigenvalue weighted by atomic mass is 10.0. The molecule has 3 heterocycles. The van der Waals surface area contributed by atoms with E-state index in [9.17, 15) is 8.42 Å². The second-order valence-corrected chi connectivity index (χ2v) is 12.5. The Kier molecular flexibility index (Phi) is 8.24. The first-order chi connectivity index (χ1) is 19.2. The number of hydrogen-bond acceptors (Lipinski definition) is 10. The zero-order chi connectivity index (χ0) is 28.3. The van der Waals surface area contributed by atoms with E-state index in [-0.39, 0.29) is 11.0 Å². The van der Waals surface area contributed by atoms with Crippen molar-refractivity contribution in [2.24, 2.45) is 7.05 Å². The number of sulfonamides is 1. The number of nitrogens with one attached hydrogen (secondary N) is 3. The molecule has 1 aliphatic heterocycles. The quantitative estimate of drug-likeness (QED) is 0.243. The van der Waals surface area contributed by atoms with E-state index in [0.29, 0.717) is 28.6 Å². The fourth-order valence-electron chi connectivity index (χ4n) is 4.34.